The SMILES string of the molecule is COc1cc(F)ccc1Nc1cncc(NN)n1. The molecule has 0 saturated heterocycles. The number of benzene rings is 1. The second-order valence-electron chi connectivity index (χ2n) is 3.40. The predicted octanol–water partition coefficient (Wildman–Crippen LogP) is 1.65. The highest BCUT2D eigenvalue weighted by Gasteiger charge is 2.06. The lowest BCUT2D eigenvalue weighted by Crippen LogP contribution is -2.09. The van der Waals surface area contributed by atoms with E-state index in [4.69, 9.17) is 10.6 Å². The molecule has 2 aromatic rings. The van der Waals surface area contributed by atoms with Crippen LogP contribution in [-0.4, -0.2) is 17.1 Å². The Labute approximate surface area is 103 Å². The molecule has 0 unspecified atom stereocenters. The van der Waals surface area contributed by atoms with Gasteiger partial charge >= 0.3 is 0 Å². The summed E-state index contributed by atoms with van der Waals surface area (Å²) < 4.78 is 18.1. The first-order chi connectivity index (χ1) is 8.72. The fraction of sp³-hybridized carbons (Fsp3) is 0.0909. The van der Waals surface area contributed by atoms with E-state index >= 15 is 0 Å². The summed E-state index contributed by atoms with van der Waals surface area (Å²) in [4.78, 5) is 8.07. The van der Waals surface area contributed by atoms with Crippen LogP contribution in [0.2, 0.25) is 0 Å². The number of methoxy groups -OCH3 is 1. The lowest BCUT2D eigenvalue weighted by atomic mass is 10.3. The number of ether oxygens (including phenoxy) is 1. The van der Waals surface area contributed by atoms with Gasteiger partial charge in [-0.15, -0.1) is 0 Å². The number of aromatic nitrogens is 2. The van der Waals surface area contributed by atoms with Gasteiger partial charge in [-0.05, 0) is 12.1 Å². The van der Waals surface area contributed by atoms with Crippen molar-refractivity contribution in [2.75, 3.05) is 17.9 Å². The number of hydrogen-bond acceptors (Lipinski definition) is 6. The predicted molar refractivity (Wildman–Crippen MR) is 66.1 cm³/mol. The molecule has 0 aliphatic carbocycles. The van der Waals surface area contributed by atoms with E-state index in [9.17, 15) is 4.39 Å². The number of hydrazine groups is 1. The zero-order chi connectivity index (χ0) is 13.0. The highest BCUT2D eigenvalue weighted by atomic mass is 19.1. The normalized spacial score (nSPS) is 9.94. The van der Waals surface area contributed by atoms with Crippen LogP contribution < -0.4 is 21.3 Å². The molecule has 4 N–H and O–H groups in total. The van der Waals surface area contributed by atoms with Crippen molar-refractivity contribution in [2.45, 2.75) is 0 Å². The number of hydrogen-bond donors (Lipinski definition) is 3. The molecule has 18 heavy (non-hydrogen) atoms. The van der Waals surface area contributed by atoms with Gasteiger partial charge in [0.05, 0.1) is 25.2 Å². The van der Waals surface area contributed by atoms with Crippen LogP contribution >= 0.6 is 0 Å². The molecule has 0 atom stereocenters. The molecule has 1 aromatic carbocycles. The van der Waals surface area contributed by atoms with Crippen LogP contribution in [0.4, 0.5) is 21.7 Å². The molecule has 6 nitrogen and oxygen atoms in total. The van der Waals surface area contributed by atoms with Crippen molar-refractivity contribution in [1.82, 2.24) is 9.97 Å². The van der Waals surface area contributed by atoms with Crippen LogP contribution in [0.25, 0.3) is 0 Å². The molecule has 0 amide bonds. The maximum Gasteiger partial charge on any atom is 0.160 e. The lowest BCUT2D eigenvalue weighted by molar-refractivity contribution is 0.413. The molecule has 1 aromatic heterocycles. The molecule has 2 rings (SSSR count). The summed E-state index contributed by atoms with van der Waals surface area (Å²) in [6.07, 6.45) is 3.00. The number of nitrogens with one attached hydrogen (secondary N) is 2. The highest BCUT2D eigenvalue weighted by molar-refractivity contribution is 5.64. The van der Waals surface area contributed by atoms with Gasteiger partial charge in [0.25, 0.3) is 0 Å². The fourth-order valence-electron chi connectivity index (χ4n) is 1.40. The van der Waals surface area contributed by atoms with Gasteiger partial charge in [0, 0.05) is 6.07 Å². The van der Waals surface area contributed by atoms with Crippen molar-refractivity contribution in [2.24, 2.45) is 5.84 Å². The number of rotatable bonds is 4. The van der Waals surface area contributed by atoms with Crippen LogP contribution in [-0.2, 0) is 0 Å². The van der Waals surface area contributed by atoms with Gasteiger partial charge in [-0.1, -0.05) is 0 Å². The molecule has 0 aliphatic heterocycles. The number of nitrogens with two attached hydrogens (primary N) is 1. The Morgan fingerprint density at radius 2 is 2.06 bits per heavy atom. The van der Waals surface area contributed by atoms with E-state index < -0.39 is 0 Å². The van der Waals surface area contributed by atoms with E-state index in [1.54, 1.807) is 6.07 Å². The Kier molecular flexibility index (Phi) is 3.54. The van der Waals surface area contributed by atoms with Gasteiger partial charge in [0.1, 0.15) is 11.6 Å². The Balaban J connectivity index is 2.27. The summed E-state index contributed by atoms with van der Waals surface area (Å²) in [6, 6.07) is 4.16. The molecule has 0 fully saturated rings. The Morgan fingerprint density at radius 3 is 2.78 bits per heavy atom. The zero-order valence-corrected chi connectivity index (χ0v) is 9.64. The average molecular weight is 249 g/mol. The largest absolute Gasteiger partial charge is 0.494 e. The second-order valence-corrected chi connectivity index (χ2v) is 3.40. The van der Waals surface area contributed by atoms with Crippen LogP contribution in [0.5, 0.6) is 5.75 Å². The summed E-state index contributed by atoms with van der Waals surface area (Å²) in [5.74, 6) is 6.12. The van der Waals surface area contributed by atoms with E-state index in [1.165, 1.54) is 31.6 Å². The van der Waals surface area contributed by atoms with Gasteiger partial charge < -0.3 is 15.5 Å². The van der Waals surface area contributed by atoms with Gasteiger partial charge in [-0.3, -0.25) is 4.98 Å². The summed E-state index contributed by atoms with van der Waals surface area (Å²) in [6.45, 7) is 0. The Bertz CT molecular complexity index is 549. The third kappa shape index (κ3) is 2.64. The molecule has 1 heterocycles. The molecular weight excluding hydrogens is 237 g/mol. The average Bonchev–Trinajstić information content (AvgIpc) is 2.41. The first-order valence-electron chi connectivity index (χ1n) is 5.12. The van der Waals surface area contributed by atoms with Crippen molar-refractivity contribution < 1.29 is 9.13 Å². The third-order valence-electron chi connectivity index (χ3n) is 2.21. The zero-order valence-electron chi connectivity index (χ0n) is 9.64. The van der Waals surface area contributed by atoms with Gasteiger partial charge in [-0.25, -0.2) is 15.2 Å². The summed E-state index contributed by atoms with van der Waals surface area (Å²) in [5.41, 5.74) is 2.97. The number of halogens is 1. The van der Waals surface area contributed by atoms with E-state index in [0.717, 1.165) is 0 Å². The lowest BCUT2D eigenvalue weighted by Gasteiger charge is -2.10. The molecule has 0 bridgehead atoms. The van der Waals surface area contributed by atoms with Crippen molar-refractivity contribution in [1.29, 1.82) is 0 Å². The second kappa shape index (κ2) is 5.28. The molecule has 0 saturated carbocycles. The van der Waals surface area contributed by atoms with Gasteiger partial charge in [-0.2, -0.15) is 0 Å². The first kappa shape index (κ1) is 12.1. The van der Waals surface area contributed by atoms with Crippen LogP contribution in [0.15, 0.2) is 30.6 Å². The van der Waals surface area contributed by atoms with E-state index in [1.807, 2.05) is 0 Å². The van der Waals surface area contributed by atoms with E-state index in [2.05, 4.69) is 20.7 Å². The molecule has 0 radical (unpaired) electrons. The van der Waals surface area contributed by atoms with Crippen molar-refractivity contribution in [3.63, 3.8) is 0 Å². The maximum absolute atomic E-state index is 13.0. The number of nitrogen functional groups attached to an aromatic ring is 1. The number of nitrogens with zero attached hydrogens (tertiary/aromatic N) is 2. The molecular formula is C11H12FN5O. The van der Waals surface area contributed by atoms with Crippen LogP contribution in [0.3, 0.4) is 0 Å². The quantitative estimate of drug-likeness (QED) is 0.564. The van der Waals surface area contributed by atoms with E-state index in [0.29, 0.717) is 23.1 Å². The maximum atomic E-state index is 13.0. The van der Waals surface area contributed by atoms with Gasteiger partial charge in [0.2, 0.25) is 0 Å². The van der Waals surface area contributed by atoms with Crippen LogP contribution in [0, 0.1) is 5.82 Å². The van der Waals surface area contributed by atoms with Crippen molar-refractivity contribution in [3.05, 3.63) is 36.4 Å². The summed E-state index contributed by atoms with van der Waals surface area (Å²) in [5, 5.41) is 2.96. The smallest absolute Gasteiger partial charge is 0.160 e. The molecule has 0 spiro atoms. The summed E-state index contributed by atoms with van der Waals surface area (Å²) >= 11 is 0. The van der Waals surface area contributed by atoms with Crippen LogP contribution in [0.1, 0.15) is 0 Å². The topological polar surface area (TPSA) is 85.1 Å². The minimum Gasteiger partial charge on any atom is -0.494 e. The fourth-order valence-corrected chi connectivity index (χ4v) is 1.40. The summed E-state index contributed by atoms with van der Waals surface area (Å²) in [7, 11) is 1.46. The molecule has 94 valence electrons. The third-order valence-corrected chi connectivity index (χ3v) is 2.21. The highest BCUT2D eigenvalue weighted by Crippen LogP contribution is 2.27. The minimum absolute atomic E-state index is 0.374. The standard InChI is InChI=1S/C11H12FN5O/c1-18-9-4-7(12)2-3-8(9)15-10-5-14-6-11(16-10)17-13/h2-6H,13H2,1H3,(H2,15,16,17). The van der Waals surface area contributed by atoms with Crippen molar-refractivity contribution >= 4 is 17.3 Å². The van der Waals surface area contributed by atoms with Gasteiger partial charge in [0.15, 0.2) is 11.6 Å². The minimum atomic E-state index is -0.374. The van der Waals surface area contributed by atoms with Crippen molar-refractivity contribution in [3.8, 4) is 5.75 Å². The Hall–Kier alpha value is -2.41. The first-order valence-corrected chi connectivity index (χ1v) is 5.12. The Morgan fingerprint density at radius 1 is 1.28 bits per heavy atom. The monoisotopic (exact) mass is 249 g/mol. The number of anilines is 3. The molecule has 7 heteroatoms. The van der Waals surface area contributed by atoms with E-state index in [-0.39, 0.29) is 5.82 Å². The molecule has 0 aliphatic rings.